The first-order valence-electron chi connectivity index (χ1n) is 10.7. The number of hydrogen-bond acceptors (Lipinski definition) is 7. The van der Waals surface area contributed by atoms with Gasteiger partial charge in [-0.25, -0.2) is 4.79 Å². The second kappa shape index (κ2) is 9.30. The number of carboxylic acid groups (broad SMARTS) is 1. The lowest BCUT2D eigenvalue weighted by molar-refractivity contribution is -0.141. The molecule has 0 bridgehead atoms. The molecule has 2 aromatic carbocycles. The minimum atomic E-state index is -1.40. The number of H-pyrrole nitrogens is 1. The lowest BCUT2D eigenvalue weighted by atomic mass is 9.92. The average Bonchev–Trinajstić information content (AvgIpc) is 3.43. The summed E-state index contributed by atoms with van der Waals surface area (Å²) in [7, 11) is 4.53. The molecule has 4 aromatic rings. The number of methoxy groups -OCH3 is 3. The summed E-state index contributed by atoms with van der Waals surface area (Å²) in [4.78, 5) is 15.7. The number of benzene rings is 2. The third kappa shape index (κ3) is 4.19. The molecule has 0 unspecified atom stereocenters. The number of fused-ring (bicyclic) bond motifs is 1. The van der Waals surface area contributed by atoms with Gasteiger partial charge in [-0.2, -0.15) is 14.9 Å². The zero-order valence-corrected chi connectivity index (χ0v) is 19.7. The molecule has 0 aliphatic carbocycles. The van der Waals surface area contributed by atoms with Crippen molar-refractivity contribution in [3.05, 3.63) is 59.8 Å². The number of aliphatic carboxylic acids is 1. The molecule has 0 saturated carbocycles. The normalized spacial score (nSPS) is 12.5. The summed E-state index contributed by atoms with van der Waals surface area (Å²) < 4.78 is 17.9. The Labute approximate surface area is 201 Å². The molecule has 0 aliphatic rings. The van der Waals surface area contributed by atoms with Crippen LogP contribution in [0.4, 0.5) is 5.82 Å². The number of ether oxygens (including phenoxy) is 3. The molecule has 4 rings (SSSR count). The van der Waals surface area contributed by atoms with E-state index in [0.717, 1.165) is 5.56 Å². The van der Waals surface area contributed by atoms with Gasteiger partial charge in [-0.15, -0.1) is 0 Å². The average molecular weight is 476 g/mol. The van der Waals surface area contributed by atoms with E-state index >= 15 is 0 Å². The van der Waals surface area contributed by atoms with Gasteiger partial charge in [0.25, 0.3) is 0 Å². The number of carboxylic acids is 1. The molecule has 0 aliphatic heterocycles. The van der Waals surface area contributed by atoms with E-state index in [1.54, 1.807) is 19.1 Å². The van der Waals surface area contributed by atoms with Crippen molar-refractivity contribution in [1.29, 1.82) is 5.26 Å². The highest BCUT2D eigenvalue weighted by Crippen LogP contribution is 2.43. The van der Waals surface area contributed by atoms with Crippen LogP contribution in [0.3, 0.4) is 0 Å². The molecule has 0 saturated heterocycles. The van der Waals surface area contributed by atoms with E-state index in [1.807, 2.05) is 30.3 Å². The van der Waals surface area contributed by atoms with Crippen molar-refractivity contribution >= 4 is 17.4 Å². The summed E-state index contributed by atoms with van der Waals surface area (Å²) in [5, 5.41) is 27.3. The quantitative estimate of drug-likeness (QED) is 0.333. The summed E-state index contributed by atoms with van der Waals surface area (Å²) in [5.41, 5.74) is 1.31. The van der Waals surface area contributed by atoms with Gasteiger partial charge >= 0.3 is 5.97 Å². The molecular formula is C25H25N5O5. The smallest absolute Gasteiger partial charge is 0.329 e. The fourth-order valence-electron chi connectivity index (χ4n) is 3.99. The first kappa shape index (κ1) is 23.5. The molecule has 2 heterocycles. The van der Waals surface area contributed by atoms with Gasteiger partial charge in [0.15, 0.2) is 23.0 Å². The summed E-state index contributed by atoms with van der Waals surface area (Å²) in [5.74, 6) is 0.592. The Morgan fingerprint density at radius 2 is 1.83 bits per heavy atom. The lowest BCUT2D eigenvalue weighted by Gasteiger charge is -2.27. The Kier molecular flexibility index (Phi) is 6.25. The maximum atomic E-state index is 12.5. The van der Waals surface area contributed by atoms with E-state index in [-0.39, 0.29) is 6.42 Å². The van der Waals surface area contributed by atoms with Gasteiger partial charge in [0.2, 0.25) is 5.75 Å². The predicted molar refractivity (Wildman–Crippen MR) is 129 cm³/mol. The molecule has 2 aromatic heterocycles. The standard InChI is InChI=1S/C25H25N5O5/c1-25(24(31)32,12-15-8-6-5-7-9-15)29-23-20(28-22-17(13-26)14-27-30(22)23)16-10-18(33-2)21(35-4)19(11-16)34-3/h5-11,14,28-29H,12H2,1-4H3,(H,31,32)/t25-/m0/s1. The van der Waals surface area contributed by atoms with Crippen molar-refractivity contribution in [2.75, 3.05) is 26.6 Å². The van der Waals surface area contributed by atoms with Crippen LogP contribution in [0.5, 0.6) is 17.2 Å². The molecule has 1 atom stereocenters. The highest BCUT2D eigenvalue weighted by atomic mass is 16.5. The maximum Gasteiger partial charge on any atom is 0.329 e. The Morgan fingerprint density at radius 1 is 1.17 bits per heavy atom. The van der Waals surface area contributed by atoms with Crippen LogP contribution in [0.25, 0.3) is 16.9 Å². The Hall–Kier alpha value is -4.65. The van der Waals surface area contributed by atoms with E-state index < -0.39 is 11.5 Å². The third-order valence-corrected chi connectivity index (χ3v) is 5.80. The number of nitrogens with zero attached hydrogens (tertiary/aromatic N) is 3. The van der Waals surface area contributed by atoms with Crippen molar-refractivity contribution in [3.63, 3.8) is 0 Å². The van der Waals surface area contributed by atoms with Crippen LogP contribution in [-0.4, -0.2) is 52.5 Å². The van der Waals surface area contributed by atoms with Crippen LogP contribution in [0, 0.1) is 11.3 Å². The minimum Gasteiger partial charge on any atom is -0.493 e. The summed E-state index contributed by atoms with van der Waals surface area (Å²) in [6, 6.07) is 14.9. The van der Waals surface area contributed by atoms with Gasteiger partial charge in [0.1, 0.15) is 17.2 Å². The van der Waals surface area contributed by atoms with Gasteiger partial charge in [0, 0.05) is 12.0 Å². The molecule has 0 fully saturated rings. The second-order valence-electron chi connectivity index (χ2n) is 8.12. The summed E-state index contributed by atoms with van der Waals surface area (Å²) in [6.45, 7) is 1.61. The Morgan fingerprint density at radius 3 is 2.37 bits per heavy atom. The van der Waals surface area contributed by atoms with Crippen molar-refractivity contribution in [3.8, 4) is 34.6 Å². The molecule has 0 spiro atoms. The number of nitrogens with one attached hydrogen (secondary N) is 2. The molecule has 10 heteroatoms. The Balaban J connectivity index is 1.91. The van der Waals surface area contributed by atoms with Crippen LogP contribution in [-0.2, 0) is 11.2 Å². The maximum absolute atomic E-state index is 12.5. The second-order valence-corrected chi connectivity index (χ2v) is 8.12. The molecule has 0 amide bonds. The largest absolute Gasteiger partial charge is 0.493 e. The predicted octanol–water partition coefficient (Wildman–Crippen LogP) is 3.72. The van der Waals surface area contributed by atoms with Crippen LogP contribution >= 0.6 is 0 Å². The van der Waals surface area contributed by atoms with Crippen LogP contribution < -0.4 is 19.5 Å². The van der Waals surface area contributed by atoms with E-state index in [9.17, 15) is 15.2 Å². The van der Waals surface area contributed by atoms with E-state index in [0.29, 0.717) is 45.5 Å². The number of imidazole rings is 1. The molecule has 35 heavy (non-hydrogen) atoms. The number of aromatic nitrogens is 3. The summed E-state index contributed by atoms with van der Waals surface area (Å²) >= 11 is 0. The number of rotatable bonds is 9. The number of hydrogen-bond donors (Lipinski definition) is 3. The van der Waals surface area contributed by atoms with Crippen LogP contribution in [0.1, 0.15) is 18.1 Å². The zero-order chi connectivity index (χ0) is 25.2. The fraction of sp³-hybridized carbons (Fsp3) is 0.240. The monoisotopic (exact) mass is 475 g/mol. The van der Waals surface area contributed by atoms with E-state index in [2.05, 4.69) is 21.5 Å². The van der Waals surface area contributed by atoms with Gasteiger partial charge in [-0.1, -0.05) is 30.3 Å². The van der Waals surface area contributed by atoms with Gasteiger partial charge in [0.05, 0.1) is 33.2 Å². The van der Waals surface area contributed by atoms with Crippen molar-refractivity contribution in [1.82, 2.24) is 14.6 Å². The number of anilines is 1. The van der Waals surface area contributed by atoms with Gasteiger partial charge in [-0.3, -0.25) is 0 Å². The zero-order valence-electron chi connectivity index (χ0n) is 19.7. The third-order valence-electron chi connectivity index (χ3n) is 5.80. The lowest BCUT2D eigenvalue weighted by Crippen LogP contribution is -2.46. The molecule has 10 nitrogen and oxygen atoms in total. The number of carbonyl (C=O) groups is 1. The van der Waals surface area contributed by atoms with Crippen molar-refractivity contribution in [2.24, 2.45) is 0 Å². The van der Waals surface area contributed by atoms with Crippen LogP contribution in [0.15, 0.2) is 48.7 Å². The van der Waals surface area contributed by atoms with E-state index in [1.165, 1.54) is 32.0 Å². The van der Waals surface area contributed by atoms with Gasteiger partial charge in [-0.05, 0) is 24.6 Å². The molecule has 180 valence electrons. The highest BCUT2D eigenvalue weighted by Gasteiger charge is 2.36. The molecular weight excluding hydrogens is 450 g/mol. The Bertz CT molecular complexity index is 1390. The first-order valence-corrected chi connectivity index (χ1v) is 10.7. The van der Waals surface area contributed by atoms with E-state index in [4.69, 9.17) is 14.2 Å². The molecule has 3 N–H and O–H groups in total. The van der Waals surface area contributed by atoms with Crippen molar-refractivity contribution in [2.45, 2.75) is 18.9 Å². The fourth-order valence-corrected chi connectivity index (χ4v) is 3.99. The first-order chi connectivity index (χ1) is 16.8. The molecule has 0 radical (unpaired) electrons. The minimum absolute atomic E-state index is 0.205. The topological polar surface area (TPSA) is 134 Å². The SMILES string of the molecule is COc1cc(-c2[nH]c3c(C#N)cnn3c2N[C@@](C)(Cc2ccccc2)C(=O)O)cc(OC)c1OC. The number of aromatic amines is 1. The highest BCUT2D eigenvalue weighted by molar-refractivity contribution is 5.87. The van der Waals surface area contributed by atoms with Crippen LogP contribution in [0.2, 0.25) is 0 Å². The number of nitriles is 1. The van der Waals surface area contributed by atoms with Crippen molar-refractivity contribution < 1.29 is 24.1 Å². The van der Waals surface area contributed by atoms with Gasteiger partial charge < -0.3 is 29.6 Å². The summed E-state index contributed by atoms with van der Waals surface area (Å²) in [6.07, 6.45) is 1.63.